The highest BCUT2D eigenvalue weighted by atomic mass is 32.2. The van der Waals surface area contributed by atoms with Crippen molar-refractivity contribution in [1.29, 1.82) is 0 Å². The topological polar surface area (TPSA) is 119 Å². The molecule has 0 spiro atoms. The molecule has 0 saturated heterocycles. The molecule has 9 nitrogen and oxygen atoms in total. The summed E-state index contributed by atoms with van der Waals surface area (Å²) in [5.74, 6) is 0.108. The molecule has 3 aromatic carbocycles. The van der Waals surface area contributed by atoms with Gasteiger partial charge in [-0.25, -0.2) is 0 Å². The highest BCUT2D eigenvalue weighted by Gasteiger charge is 2.28. The maximum Gasteiger partial charge on any atom is 0.323 e. The van der Waals surface area contributed by atoms with Crippen LogP contribution in [0.25, 0.3) is 10.9 Å². The van der Waals surface area contributed by atoms with Crippen molar-refractivity contribution in [2.24, 2.45) is 0 Å². The first-order valence-electron chi connectivity index (χ1n) is 15.0. The van der Waals surface area contributed by atoms with Gasteiger partial charge in [-0.1, -0.05) is 68.3 Å². The summed E-state index contributed by atoms with van der Waals surface area (Å²) < 4.78 is 12.9. The van der Waals surface area contributed by atoms with Crippen LogP contribution >= 0.6 is 11.8 Å². The summed E-state index contributed by atoms with van der Waals surface area (Å²) in [6.07, 6.45) is 2.49. The molecular formula is C35H41N3O6S. The Hall–Kier alpha value is -4.44. The maximum atomic E-state index is 14.0. The molecule has 2 atom stereocenters. The number of para-hydroxylation sites is 1. The van der Waals surface area contributed by atoms with Crippen molar-refractivity contribution in [2.45, 2.75) is 56.7 Å². The molecule has 0 saturated carbocycles. The highest BCUT2D eigenvalue weighted by Crippen LogP contribution is 2.38. The van der Waals surface area contributed by atoms with Gasteiger partial charge in [0.25, 0.3) is 5.91 Å². The number of methoxy groups -OCH3 is 2. The molecule has 238 valence electrons. The first kappa shape index (κ1) is 33.5. The van der Waals surface area contributed by atoms with Crippen LogP contribution < -0.4 is 20.1 Å². The summed E-state index contributed by atoms with van der Waals surface area (Å²) in [7, 11) is 3.21. The first-order chi connectivity index (χ1) is 21.7. The number of nitrogens with one attached hydrogen (secondary N) is 2. The van der Waals surface area contributed by atoms with Crippen molar-refractivity contribution in [2.75, 3.05) is 20.8 Å². The molecule has 10 heteroatoms. The maximum absolute atomic E-state index is 14.0. The Balaban J connectivity index is 1.61. The van der Waals surface area contributed by atoms with Crippen molar-refractivity contribution in [3.63, 3.8) is 0 Å². The van der Waals surface area contributed by atoms with Crippen LogP contribution in [-0.4, -0.2) is 53.5 Å². The molecule has 0 aliphatic rings. The Bertz CT molecular complexity index is 1600. The average Bonchev–Trinajstić information content (AvgIpc) is 3.40. The second kappa shape index (κ2) is 16.0. The molecule has 0 bridgehead atoms. The lowest BCUT2D eigenvalue weighted by molar-refractivity contribution is -0.137. The second-order valence-electron chi connectivity index (χ2n) is 10.9. The van der Waals surface area contributed by atoms with Gasteiger partial charge in [0.05, 0.1) is 25.8 Å². The third-order valence-electron chi connectivity index (χ3n) is 7.57. The highest BCUT2D eigenvalue weighted by molar-refractivity contribution is 7.99. The number of carboxylic acids is 1. The molecular weight excluding hydrogens is 590 g/mol. The molecule has 4 rings (SSSR count). The Morgan fingerprint density at radius 2 is 1.62 bits per heavy atom. The van der Waals surface area contributed by atoms with E-state index in [-0.39, 0.29) is 30.7 Å². The number of fused-ring (bicyclic) bond motifs is 1. The number of hydrogen-bond donors (Lipinski definition) is 3. The molecule has 45 heavy (non-hydrogen) atoms. The zero-order chi connectivity index (χ0) is 32.3. The summed E-state index contributed by atoms with van der Waals surface area (Å²) in [6, 6.07) is 22.2. The van der Waals surface area contributed by atoms with Crippen LogP contribution in [0.3, 0.4) is 0 Å². The van der Waals surface area contributed by atoms with E-state index in [0.29, 0.717) is 29.2 Å². The molecule has 0 aliphatic carbocycles. The fourth-order valence-electron chi connectivity index (χ4n) is 5.35. The first-order valence-corrected chi connectivity index (χ1v) is 16.1. The Kier molecular flexibility index (Phi) is 11.9. The number of aromatic nitrogens is 1. The van der Waals surface area contributed by atoms with Crippen molar-refractivity contribution < 1.29 is 29.0 Å². The Morgan fingerprint density at radius 3 is 2.27 bits per heavy atom. The van der Waals surface area contributed by atoms with E-state index in [1.54, 1.807) is 32.4 Å². The Morgan fingerprint density at radius 1 is 0.956 bits per heavy atom. The minimum atomic E-state index is -1.05. The number of aryl methyl sites for hydroxylation is 1. The third kappa shape index (κ3) is 8.60. The summed E-state index contributed by atoms with van der Waals surface area (Å²) in [6.45, 7) is 3.74. The van der Waals surface area contributed by atoms with Gasteiger partial charge in [-0.15, -0.1) is 11.8 Å². The third-order valence-corrected chi connectivity index (χ3v) is 8.85. The lowest BCUT2D eigenvalue weighted by Gasteiger charge is -2.26. The number of carbonyl (C=O) groups excluding carboxylic acids is 2. The molecule has 2 amide bonds. The fraction of sp³-hybridized carbons (Fsp3) is 0.343. The minimum absolute atomic E-state index is 0.0411. The zero-order valence-corrected chi connectivity index (χ0v) is 27.0. The summed E-state index contributed by atoms with van der Waals surface area (Å²) in [5.41, 5.74) is 3.68. The smallest absolute Gasteiger partial charge is 0.323 e. The van der Waals surface area contributed by atoms with E-state index < -0.39 is 17.1 Å². The number of unbranched alkanes of at least 4 members (excludes halogenated alkanes) is 1. The molecule has 0 fully saturated rings. The van der Waals surface area contributed by atoms with Crippen molar-refractivity contribution in [3.05, 3.63) is 95.2 Å². The van der Waals surface area contributed by atoms with E-state index in [4.69, 9.17) is 9.47 Å². The van der Waals surface area contributed by atoms with Crippen LogP contribution in [0, 0.1) is 6.92 Å². The molecule has 0 aliphatic heterocycles. The van der Waals surface area contributed by atoms with E-state index in [0.717, 1.165) is 34.9 Å². The van der Waals surface area contributed by atoms with Gasteiger partial charge >= 0.3 is 5.97 Å². The number of benzene rings is 3. The van der Waals surface area contributed by atoms with Crippen LogP contribution in [0.2, 0.25) is 0 Å². The number of thioether (sulfide) groups is 1. The number of rotatable bonds is 16. The van der Waals surface area contributed by atoms with Gasteiger partial charge in [-0.2, -0.15) is 0 Å². The van der Waals surface area contributed by atoms with Gasteiger partial charge in [0, 0.05) is 23.2 Å². The zero-order valence-electron chi connectivity index (χ0n) is 26.2. The van der Waals surface area contributed by atoms with Crippen molar-refractivity contribution >= 4 is 40.4 Å². The van der Waals surface area contributed by atoms with Crippen LogP contribution in [0.4, 0.5) is 0 Å². The predicted octanol–water partition coefficient (Wildman–Crippen LogP) is 6.13. The van der Waals surface area contributed by atoms with Gasteiger partial charge in [0.2, 0.25) is 5.91 Å². The normalized spacial score (nSPS) is 12.4. The van der Waals surface area contributed by atoms with Crippen molar-refractivity contribution in [1.82, 2.24) is 15.2 Å². The van der Waals surface area contributed by atoms with Gasteiger partial charge < -0.3 is 29.8 Å². The van der Waals surface area contributed by atoms with E-state index in [1.807, 2.05) is 61.5 Å². The van der Waals surface area contributed by atoms with E-state index >= 15 is 0 Å². The molecule has 0 radical (unpaired) electrons. The van der Waals surface area contributed by atoms with E-state index in [1.165, 1.54) is 16.3 Å². The minimum Gasteiger partial charge on any atom is -0.496 e. The van der Waals surface area contributed by atoms with Gasteiger partial charge in [0.15, 0.2) is 0 Å². The summed E-state index contributed by atoms with van der Waals surface area (Å²) in [5, 5.41) is 15.8. The van der Waals surface area contributed by atoms with Crippen LogP contribution in [0.15, 0.2) is 72.8 Å². The van der Waals surface area contributed by atoms with Crippen LogP contribution in [0.1, 0.15) is 59.4 Å². The van der Waals surface area contributed by atoms with Gasteiger partial charge in [0.1, 0.15) is 29.0 Å². The van der Waals surface area contributed by atoms with Crippen LogP contribution in [0.5, 0.6) is 11.5 Å². The van der Waals surface area contributed by atoms with E-state index in [2.05, 4.69) is 17.6 Å². The van der Waals surface area contributed by atoms with Gasteiger partial charge in [-0.3, -0.25) is 14.4 Å². The number of hydrogen-bond acceptors (Lipinski definition) is 6. The molecule has 4 aromatic rings. The monoisotopic (exact) mass is 631 g/mol. The standard InChI is InChI=1S/C35H41N3O6S/c1-5-6-15-26(33-29(43-3)17-23(2)18-30(33)44-4)37-35(42)31(45-22-24-12-8-7-9-13-24)20-36-34(41)28-19-25-14-10-11-16-27(25)38(28)21-32(39)40/h7-14,16-19,26,31H,5-6,15,20-22H2,1-4H3,(H,36,41)(H,37,42)(H,39,40)/t26?,31-/m1/s1. The SMILES string of the molecule is CCCCC(NC(=O)[C@@H](CNC(=O)c1cc2ccccc2n1CC(=O)O)SCc1ccccc1)c1c(OC)cc(C)cc1OC. The number of carboxylic acid groups (broad SMARTS) is 1. The average molecular weight is 632 g/mol. The largest absolute Gasteiger partial charge is 0.496 e. The lowest BCUT2D eigenvalue weighted by atomic mass is 9.97. The molecule has 1 heterocycles. The number of amides is 2. The Labute approximate surface area is 268 Å². The fourth-order valence-corrected chi connectivity index (χ4v) is 6.36. The predicted molar refractivity (Wildman–Crippen MR) is 178 cm³/mol. The summed E-state index contributed by atoms with van der Waals surface area (Å²) >= 11 is 1.43. The van der Waals surface area contributed by atoms with Crippen LogP contribution in [-0.2, 0) is 21.9 Å². The second-order valence-corrected chi connectivity index (χ2v) is 12.0. The number of aliphatic carboxylic acids is 1. The molecule has 1 unspecified atom stereocenters. The van der Waals surface area contributed by atoms with Gasteiger partial charge in [-0.05, 0) is 48.7 Å². The van der Waals surface area contributed by atoms with E-state index in [9.17, 15) is 19.5 Å². The number of ether oxygens (including phenoxy) is 2. The lowest BCUT2D eigenvalue weighted by Crippen LogP contribution is -2.43. The number of carbonyl (C=O) groups is 3. The quantitative estimate of drug-likeness (QED) is 0.136. The molecule has 1 aromatic heterocycles. The summed E-state index contributed by atoms with van der Waals surface area (Å²) in [4.78, 5) is 39.2. The van der Waals surface area contributed by atoms with Crippen molar-refractivity contribution in [3.8, 4) is 11.5 Å². The number of nitrogens with zero attached hydrogens (tertiary/aromatic N) is 1. The molecule has 3 N–H and O–H groups in total.